The second-order valence-corrected chi connectivity index (χ2v) is 5.22. The topological polar surface area (TPSA) is 29.5 Å². The van der Waals surface area contributed by atoms with Crippen LogP contribution in [0.4, 0.5) is 0 Å². The molecule has 1 unspecified atom stereocenters. The van der Waals surface area contributed by atoms with Crippen LogP contribution in [0.15, 0.2) is 30.3 Å². The Balaban J connectivity index is 2.04. The highest BCUT2D eigenvalue weighted by molar-refractivity contribution is 7.99. The van der Waals surface area contributed by atoms with Gasteiger partial charge in [0.2, 0.25) is 0 Å². The van der Waals surface area contributed by atoms with E-state index in [9.17, 15) is 4.79 Å². The Hall–Kier alpha value is -1.00. The standard InChI is InChI=1S/C13H17NO2S/c1-16-13(15)12-10-17-8-7-14(12)9-11-5-3-2-4-6-11/h2-6,12H,7-10H2,1H3. The average molecular weight is 251 g/mol. The number of carbonyl (C=O) groups excluding carboxylic acids is 1. The van der Waals surface area contributed by atoms with Gasteiger partial charge in [0.05, 0.1) is 7.11 Å². The minimum Gasteiger partial charge on any atom is -0.468 e. The van der Waals surface area contributed by atoms with E-state index < -0.39 is 0 Å². The first kappa shape index (κ1) is 12.5. The lowest BCUT2D eigenvalue weighted by molar-refractivity contribution is -0.146. The van der Waals surface area contributed by atoms with Gasteiger partial charge in [-0.25, -0.2) is 0 Å². The zero-order chi connectivity index (χ0) is 12.1. The molecule has 2 rings (SSSR count). The van der Waals surface area contributed by atoms with Crippen LogP contribution in [-0.2, 0) is 16.1 Å². The Kier molecular flexibility index (Phi) is 4.45. The van der Waals surface area contributed by atoms with Crippen molar-refractivity contribution in [1.82, 2.24) is 4.90 Å². The molecule has 1 heterocycles. The summed E-state index contributed by atoms with van der Waals surface area (Å²) in [5.74, 6) is 1.80. The molecule has 0 saturated carbocycles. The summed E-state index contributed by atoms with van der Waals surface area (Å²) in [5.41, 5.74) is 1.24. The van der Waals surface area contributed by atoms with Gasteiger partial charge in [-0.2, -0.15) is 11.8 Å². The number of thioether (sulfide) groups is 1. The van der Waals surface area contributed by atoms with Crippen molar-refractivity contribution in [1.29, 1.82) is 0 Å². The summed E-state index contributed by atoms with van der Waals surface area (Å²) >= 11 is 1.82. The van der Waals surface area contributed by atoms with E-state index in [2.05, 4.69) is 17.0 Å². The van der Waals surface area contributed by atoms with Gasteiger partial charge in [-0.15, -0.1) is 0 Å². The molecular weight excluding hydrogens is 234 g/mol. The van der Waals surface area contributed by atoms with Gasteiger partial charge in [-0.05, 0) is 5.56 Å². The van der Waals surface area contributed by atoms with E-state index in [4.69, 9.17) is 4.74 Å². The maximum Gasteiger partial charge on any atom is 0.323 e. The molecule has 4 heteroatoms. The van der Waals surface area contributed by atoms with E-state index in [1.165, 1.54) is 12.7 Å². The molecule has 1 aromatic carbocycles. The summed E-state index contributed by atoms with van der Waals surface area (Å²) in [7, 11) is 1.46. The highest BCUT2D eigenvalue weighted by Gasteiger charge is 2.29. The minimum atomic E-state index is -0.117. The van der Waals surface area contributed by atoms with Crippen molar-refractivity contribution in [3.8, 4) is 0 Å². The normalized spacial score (nSPS) is 21.1. The molecule has 1 aromatic rings. The molecule has 3 nitrogen and oxygen atoms in total. The smallest absolute Gasteiger partial charge is 0.323 e. The molecule has 0 amide bonds. The predicted octanol–water partition coefficient (Wildman–Crippen LogP) is 1.78. The second kappa shape index (κ2) is 6.07. The SMILES string of the molecule is COC(=O)C1CSCCN1Cc1ccccc1. The van der Waals surface area contributed by atoms with Crippen LogP contribution in [-0.4, -0.2) is 42.1 Å². The van der Waals surface area contributed by atoms with Crippen LogP contribution in [0.25, 0.3) is 0 Å². The minimum absolute atomic E-state index is 0.0982. The van der Waals surface area contributed by atoms with Crippen molar-refractivity contribution in [3.63, 3.8) is 0 Å². The summed E-state index contributed by atoms with van der Waals surface area (Å²) < 4.78 is 4.86. The van der Waals surface area contributed by atoms with Crippen LogP contribution in [0.1, 0.15) is 5.56 Å². The van der Waals surface area contributed by atoms with Gasteiger partial charge in [0.1, 0.15) is 6.04 Å². The first-order valence-corrected chi connectivity index (χ1v) is 6.90. The summed E-state index contributed by atoms with van der Waals surface area (Å²) in [5, 5.41) is 0. The summed E-state index contributed by atoms with van der Waals surface area (Å²) in [6.07, 6.45) is 0. The fraction of sp³-hybridized carbons (Fsp3) is 0.462. The van der Waals surface area contributed by atoms with E-state index in [0.717, 1.165) is 24.6 Å². The molecule has 0 aliphatic carbocycles. The Morgan fingerprint density at radius 2 is 2.24 bits per heavy atom. The van der Waals surface area contributed by atoms with Crippen molar-refractivity contribution < 1.29 is 9.53 Å². The summed E-state index contributed by atoms with van der Waals surface area (Å²) in [6.45, 7) is 1.76. The van der Waals surface area contributed by atoms with E-state index >= 15 is 0 Å². The quantitative estimate of drug-likeness (QED) is 0.766. The number of methoxy groups -OCH3 is 1. The maximum absolute atomic E-state index is 11.7. The monoisotopic (exact) mass is 251 g/mol. The van der Waals surface area contributed by atoms with Gasteiger partial charge < -0.3 is 4.74 Å². The van der Waals surface area contributed by atoms with E-state index in [1.807, 2.05) is 30.0 Å². The lowest BCUT2D eigenvalue weighted by Crippen LogP contribution is -2.47. The molecule has 1 atom stereocenters. The van der Waals surface area contributed by atoms with Crippen LogP contribution >= 0.6 is 11.8 Å². The predicted molar refractivity (Wildman–Crippen MR) is 70.0 cm³/mol. The Morgan fingerprint density at radius 3 is 2.94 bits per heavy atom. The molecule has 0 radical (unpaired) electrons. The number of carbonyl (C=O) groups is 1. The van der Waals surface area contributed by atoms with Crippen LogP contribution in [0.5, 0.6) is 0 Å². The molecule has 1 fully saturated rings. The van der Waals surface area contributed by atoms with E-state index in [1.54, 1.807) is 0 Å². The molecule has 0 bridgehead atoms. The molecule has 92 valence electrons. The molecule has 1 aliphatic heterocycles. The van der Waals surface area contributed by atoms with Gasteiger partial charge >= 0.3 is 5.97 Å². The third-order valence-electron chi connectivity index (χ3n) is 2.94. The highest BCUT2D eigenvalue weighted by Crippen LogP contribution is 2.19. The Morgan fingerprint density at radius 1 is 1.47 bits per heavy atom. The molecule has 0 spiro atoms. The molecule has 17 heavy (non-hydrogen) atoms. The number of rotatable bonds is 3. The maximum atomic E-state index is 11.7. The third kappa shape index (κ3) is 3.23. The number of hydrogen-bond acceptors (Lipinski definition) is 4. The van der Waals surface area contributed by atoms with Gasteiger partial charge in [0, 0.05) is 24.6 Å². The van der Waals surface area contributed by atoms with Crippen LogP contribution in [0, 0.1) is 0 Å². The van der Waals surface area contributed by atoms with Gasteiger partial charge in [-0.1, -0.05) is 30.3 Å². The van der Waals surface area contributed by atoms with Gasteiger partial charge in [0.25, 0.3) is 0 Å². The fourth-order valence-electron chi connectivity index (χ4n) is 2.00. The van der Waals surface area contributed by atoms with Gasteiger partial charge in [-0.3, -0.25) is 9.69 Å². The first-order chi connectivity index (χ1) is 8.31. The lowest BCUT2D eigenvalue weighted by Gasteiger charge is -2.33. The largest absolute Gasteiger partial charge is 0.468 e. The Bertz CT molecular complexity index is 369. The number of esters is 1. The zero-order valence-electron chi connectivity index (χ0n) is 9.96. The van der Waals surface area contributed by atoms with Crippen molar-refractivity contribution in [2.45, 2.75) is 12.6 Å². The molecule has 1 aliphatic rings. The molecule has 0 aromatic heterocycles. The lowest BCUT2D eigenvalue weighted by atomic mass is 10.2. The summed E-state index contributed by atoms with van der Waals surface area (Å²) in [4.78, 5) is 13.9. The highest BCUT2D eigenvalue weighted by atomic mass is 32.2. The fourth-order valence-corrected chi connectivity index (χ4v) is 3.10. The van der Waals surface area contributed by atoms with Crippen molar-refractivity contribution >= 4 is 17.7 Å². The van der Waals surface area contributed by atoms with Crippen molar-refractivity contribution in [3.05, 3.63) is 35.9 Å². The summed E-state index contributed by atoms with van der Waals surface area (Å²) in [6, 6.07) is 10.2. The van der Waals surface area contributed by atoms with Crippen LogP contribution in [0.3, 0.4) is 0 Å². The average Bonchev–Trinajstić information content (AvgIpc) is 2.40. The number of benzene rings is 1. The van der Waals surface area contributed by atoms with Gasteiger partial charge in [0.15, 0.2) is 0 Å². The third-order valence-corrected chi connectivity index (χ3v) is 3.96. The zero-order valence-corrected chi connectivity index (χ0v) is 10.8. The molecule has 1 saturated heterocycles. The van der Waals surface area contributed by atoms with Crippen molar-refractivity contribution in [2.75, 3.05) is 25.2 Å². The van der Waals surface area contributed by atoms with Crippen molar-refractivity contribution in [2.24, 2.45) is 0 Å². The second-order valence-electron chi connectivity index (χ2n) is 4.07. The molecular formula is C13H17NO2S. The Labute approximate surface area is 106 Å². The number of ether oxygens (including phenoxy) is 1. The van der Waals surface area contributed by atoms with Crippen LogP contribution in [0.2, 0.25) is 0 Å². The number of nitrogens with zero attached hydrogens (tertiary/aromatic N) is 1. The first-order valence-electron chi connectivity index (χ1n) is 5.75. The number of hydrogen-bond donors (Lipinski definition) is 0. The van der Waals surface area contributed by atoms with E-state index in [-0.39, 0.29) is 12.0 Å². The van der Waals surface area contributed by atoms with E-state index in [0.29, 0.717) is 0 Å². The molecule has 0 N–H and O–H groups in total. The van der Waals surface area contributed by atoms with Crippen LogP contribution < -0.4 is 0 Å².